The third-order valence-corrected chi connectivity index (χ3v) is 13.0. The molecule has 10 rings (SSSR count). The third kappa shape index (κ3) is 5.86. The van der Waals surface area contributed by atoms with Gasteiger partial charge in [-0.25, -0.2) is 19.9 Å². The summed E-state index contributed by atoms with van der Waals surface area (Å²) in [5, 5.41) is 2.76. The molecule has 1 spiro atoms. The van der Waals surface area contributed by atoms with Crippen LogP contribution in [0.5, 0.6) is 5.75 Å². The van der Waals surface area contributed by atoms with Crippen LogP contribution in [0.2, 0.25) is 0 Å². The van der Waals surface area contributed by atoms with E-state index in [9.17, 15) is 22.8 Å². The maximum absolute atomic E-state index is 14.8. The van der Waals surface area contributed by atoms with Crippen LogP contribution in [0.4, 0.5) is 30.8 Å². The Hall–Kier alpha value is -4.53. The molecule has 0 atom stereocenters. The molecule has 3 aliphatic heterocycles. The normalized spacial score (nSPS) is 29.0. The van der Waals surface area contributed by atoms with Crippen molar-refractivity contribution in [3.63, 3.8) is 0 Å². The number of benzene rings is 1. The van der Waals surface area contributed by atoms with Gasteiger partial charge in [-0.3, -0.25) is 9.59 Å². The van der Waals surface area contributed by atoms with E-state index in [0.717, 1.165) is 69.8 Å². The van der Waals surface area contributed by atoms with Gasteiger partial charge >= 0.3 is 6.18 Å². The number of nitrogens with one attached hydrogen (secondary N) is 1. The number of rotatable bonds is 7. The average Bonchev–Trinajstić information content (AvgIpc) is 3.45. The van der Waals surface area contributed by atoms with Crippen molar-refractivity contribution >= 4 is 29.4 Å². The molecular weight excluding hydrogens is 689 g/mol. The maximum Gasteiger partial charge on any atom is 0.434 e. The Bertz CT molecular complexity index is 1870. The van der Waals surface area contributed by atoms with E-state index in [1.54, 1.807) is 23.4 Å². The smallest absolute Gasteiger partial charge is 0.434 e. The number of primary amides is 1. The zero-order valence-electron chi connectivity index (χ0n) is 29.4. The van der Waals surface area contributed by atoms with Crippen LogP contribution in [0.25, 0.3) is 0 Å². The molecule has 2 aromatic heterocycles. The van der Waals surface area contributed by atoms with Crippen LogP contribution in [-0.2, 0) is 21.1 Å². The fourth-order valence-electron chi connectivity index (χ4n) is 10.6. The molecule has 4 saturated carbocycles. The summed E-state index contributed by atoms with van der Waals surface area (Å²) in [6, 6.07) is 7.51. The summed E-state index contributed by atoms with van der Waals surface area (Å²) in [6.07, 6.45) is 6.36. The zero-order chi connectivity index (χ0) is 36.5. The van der Waals surface area contributed by atoms with E-state index in [2.05, 4.69) is 30.2 Å². The van der Waals surface area contributed by atoms with Crippen LogP contribution in [0.15, 0.2) is 42.9 Å². The highest BCUT2D eigenvalue weighted by molar-refractivity contribution is 6.00. The maximum atomic E-state index is 14.8. The van der Waals surface area contributed by atoms with Gasteiger partial charge in [0.15, 0.2) is 5.69 Å². The largest absolute Gasteiger partial charge is 0.490 e. The summed E-state index contributed by atoms with van der Waals surface area (Å²) in [5.41, 5.74) is 3.77. The lowest BCUT2D eigenvalue weighted by Crippen LogP contribution is -2.71. The van der Waals surface area contributed by atoms with Crippen LogP contribution in [0.1, 0.15) is 79.4 Å². The number of amides is 2. The number of halogens is 3. The Kier molecular flexibility index (Phi) is 8.28. The number of carbonyl (C=O) groups excluding carboxylic acids is 2. The molecule has 4 aliphatic carbocycles. The Balaban J connectivity index is 0.989. The van der Waals surface area contributed by atoms with Gasteiger partial charge in [0.1, 0.15) is 17.4 Å². The van der Waals surface area contributed by atoms with Gasteiger partial charge in [0.05, 0.1) is 5.56 Å². The molecule has 3 N–H and O–H groups in total. The number of ether oxygens (including phenoxy) is 2. The van der Waals surface area contributed by atoms with Crippen molar-refractivity contribution in [3.05, 3.63) is 59.7 Å². The van der Waals surface area contributed by atoms with Gasteiger partial charge in [-0.2, -0.15) is 13.2 Å². The summed E-state index contributed by atoms with van der Waals surface area (Å²) in [6.45, 7) is 2.89. The van der Waals surface area contributed by atoms with Gasteiger partial charge < -0.3 is 30.3 Å². The van der Waals surface area contributed by atoms with E-state index in [4.69, 9.17) is 15.2 Å². The topological polar surface area (TPSA) is 149 Å². The second-order valence-electron chi connectivity index (χ2n) is 15.9. The first-order valence-electron chi connectivity index (χ1n) is 18.8. The van der Waals surface area contributed by atoms with Crippen molar-refractivity contribution in [2.45, 2.75) is 81.0 Å². The first-order valence-corrected chi connectivity index (χ1v) is 18.8. The first kappa shape index (κ1) is 34.3. The van der Waals surface area contributed by atoms with Gasteiger partial charge in [0.25, 0.3) is 5.91 Å². The van der Waals surface area contributed by atoms with E-state index in [-0.39, 0.29) is 23.9 Å². The summed E-state index contributed by atoms with van der Waals surface area (Å²) < 4.78 is 56.6. The molecule has 1 aromatic carbocycles. The fraction of sp³-hybridized carbons (Fsp3) is 0.579. The molecule has 4 bridgehead atoms. The molecule has 5 heterocycles. The van der Waals surface area contributed by atoms with Gasteiger partial charge in [-0.1, -0.05) is 0 Å². The number of piperidine rings is 1. The fourth-order valence-corrected chi connectivity index (χ4v) is 10.6. The Morgan fingerprint density at radius 3 is 2.26 bits per heavy atom. The lowest BCUT2D eigenvalue weighted by molar-refractivity contribution is -0.142. The SMILES string of the molecule is NC(=O)C1(NC(=O)c2cnc(N3CC4(CCOCC4)c4cc(OC5CCN(c6ncccn6)CC5)ccc43)nc2C(F)(F)F)C2CC3CC(C2)CC1C3. The Morgan fingerprint density at radius 1 is 0.943 bits per heavy atom. The summed E-state index contributed by atoms with van der Waals surface area (Å²) in [5.74, 6) is 0.0484. The standard InChI is InChI=1S/C38H43F3N8O4/c39-38(40,41)31-28(32(50)47-37(33(42)51)24-15-22-14-23(17-24)18-25(37)16-22)20-45-35(46-31)49-21-36(6-12-52-13-7-36)29-19-27(2-3-30(29)49)53-26-4-10-48(11-5-26)34-43-8-1-9-44-34/h1-3,8-9,19-20,22-26H,4-7,10-18,21H2,(H2,42,51)(H,47,50). The van der Waals surface area contributed by atoms with E-state index < -0.39 is 40.2 Å². The summed E-state index contributed by atoms with van der Waals surface area (Å²) in [7, 11) is 0. The number of anilines is 3. The Morgan fingerprint density at radius 2 is 1.62 bits per heavy atom. The molecule has 7 aliphatic rings. The molecule has 6 fully saturated rings. The number of fused-ring (bicyclic) bond motifs is 2. The number of alkyl halides is 3. The number of nitrogens with zero attached hydrogens (tertiary/aromatic N) is 6. The van der Waals surface area contributed by atoms with Crippen molar-refractivity contribution < 1.29 is 32.2 Å². The quantitative estimate of drug-likeness (QED) is 0.342. The zero-order valence-corrected chi connectivity index (χ0v) is 29.4. The lowest BCUT2D eigenvalue weighted by Gasteiger charge is -2.59. The highest BCUT2D eigenvalue weighted by Crippen LogP contribution is 2.58. The van der Waals surface area contributed by atoms with Crippen LogP contribution in [0, 0.1) is 23.7 Å². The van der Waals surface area contributed by atoms with E-state index >= 15 is 0 Å². The monoisotopic (exact) mass is 732 g/mol. The van der Waals surface area contributed by atoms with E-state index in [1.165, 1.54) is 0 Å². The summed E-state index contributed by atoms with van der Waals surface area (Å²) in [4.78, 5) is 47.9. The molecule has 12 nitrogen and oxygen atoms in total. The van der Waals surface area contributed by atoms with Gasteiger partial charge in [0, 0.05) is 75.4 Å². The first-order chi connectivity index (χ1) is 25.5. The van der Waals surface area contributed by atoms with Crippen LogP contribution in [-0.4, -0.2) is 76.2 Å². The Labute approximate surface area is 305 Å². The average molecular weight is 733 g/mol. The lowest BCUT2D eigenvalue weighted by atomic mass is 9.48. The second kappa shape index (κ2) is 12.8. The highest BCUT2D eigenvalue weighted by Gasteiger charge is 2.61. The molecule has 53 heavy (non-hydrogen) atoms. The highest BCUT2D eigenvalue weighted by atomic mass is 19.4. The molecule has 2 amide bonds. The molecule has 0 radical (unpaired) electrons. The van der Waals surface area contributed by atoms with Crippen LogP contribution in [0.3, 0.4) is 0 Å². The predicted molar refractivity (Wildman–Crippen MR) is 187 cm³/mol. The molecular formula is C38H43F3N8O4. The molecule has 15 heteroatoms. The number of hydrogen-bond acceptors (Lipinski definition) is 10. The number of nitrogens with two attached hydrogens (primary N) is 1. The van der Waals surface area contributed by atoms with Crippen LogP contribution < -0.4 is 25.6 Å². The van der Waals surface area contributed by atoms with Gasteiger partial charge in [-0.05, 0) is 98.4 Å². The summed E-state index contributed by atoms with van der Waals surface area (Å²) >= 11 is 0. The van der Waals surface area contributed by atoms with Crippen LogP contribution >= 0.6 is 0 Å². The second-order valence-corrected chi connectivity index (χ2v) is 15.9. The van der Waals surface area contributed by atoms with Gasteiger partial charge in [0.2, 0.25) is 17.8 Å². The number of aromatic nitrogens is 4. The molecule has 0 unspecified atom stereocenters. The van der Waals surface area contributed by atoms with Crippen molar-refractivity contribution in [1.82, 2.24) is 25.3 Å². The van der Waals surface area contributed by atoms with E-state index in [0.29, 0.717) is 61.8 Å². The third-order valence-electron chi connectivity index (χ3n) is 13.0. The number of carbonyl (C=O) groups is 2. The predicted octanol–water partition coefficient (Wildman–Crippen LogP) is 4.94. The molecule has 3 aromatic rings. The minimum atomic E-state index is -4.97. The minimum absolute atomic E-state index is 0.0138. The van der Waals surface area contributed by atoms with Crippen molar-refractivity contribution in [2.75, 3.05) is 42.6 Å². The van der Waals surface area contributed by atoms with Crippen molar-refractivity contribution in [3.8, 4) is 5.75 Å². The van der Waals surface area contributed by atoms with E-state index in [1.807, 2.05) is 18.2 Å². The minimum Gasteiger partial charge on any atom is -0.490 e. The van der Waals surface area contributed by atoms with Gasteiger partial charge in [-0.15, -0.1) is 0 Å². The molecule has 280 valence electrons. The van der Waals surface area contributed by atoms with Crippen molar-refractivity contribution in [1.29, 1.82) is 0 Å². The number of hydrogen-bond donors (Lipinski definition) is 2. The molecule has 2 saturated heterocycles. The van der Waals surface area contributed by atoms with Crippen molar-refractivity contribution in [2.24, 2.45) is 29.4 Å².